The van der Waals surface area contributed by atoms with E-state index in [4.69, 9.17) is 10.8 Å². The van der Waals surface area contributed by atoms with Gasteiger partial charge in [0, 0.05) is 0 Å². The lowest BCUT2D eigenvalue weighted by Crippen LogP contribution is -1.34. The molecule has 0 atom stereocenters. The number of hydrogen-bond donors (Lipinski definition) is 2. The molecule has 0 radical (unpaired) electrons. The van der Waals surface area contributed by atoms with E-state index in [0.29, 0.717) is 0 Å². The Labute approximate surface area is 35.9 Å². The Bertz CT molecular complexity index is 57.7. The van der Waals surface area contributed by atoms with Crippen LogP contribution in [0.5, 0.6) is 0 Å². The van der Waals surface area contributed by atoms with Gasteiger partial charge in [-0.1, -0.05) is 0 Å². The number of rotatable bonds is 0. The van der Waals surface area contributed by atoms with Crippen molar-refractivity contribution in [3.8, 4) is 0 Å². The normalized spacial score (nSPS) is 2.40. The Balaban J connectivity index is 0. The molecule has 0 aliphatic rings. The molecule has 3 heteroatoms. The Morgan fingerprint density at radius 1 is 1.00 bits per heavy atom. The van der Waals surface area contributed by atoms with Crippen LogP contribution in [0, 0.1) is 10.8 Å². The van der Waals surface area contributed by atoms with Gasteiger partial charge in [0.1, 0.15) is 0 Å². The van der Waals surface area contributed by atoms with Gasteiger partial charge in [0.15, 0.2) is 0 Å². The second-order valence-electron chi connectivity index (χ2n) is 0.250. The van der Waals surface area contributed by atoms with E-state index in [9.17, 15) is 0 Å². The van der Waals surface area contributed by atoms with E-state index < -0.39 is 0 Å². The zero-order chi connectivity index (χ0) is 3.41. The van der Waals surface area contributed by atoms with Gasteiger partial charge in [0.25, 0.3) is 0 Å². The largest absolute Gasteiger partial charge is 0.250 e. The second-order valence-corrected chi connectivity index (χ2v) is 0.250. The molecule has 0 aromatic heterocycles. The fourth-order valence-electron chi connectivity index (χ4n) is 0. The van der Waals surface area contributed by atoms with Crippen molar-refractivity contribution in [2.45, 2.75) is 0 Å². The summed E-state index contributed by atoms with van der Waals surface area (Å²) >= 11 is 0. The molecule has 5 heavy (non-hydrogen) atoms. The van der Waals surface area contributed by atoms with Crippen LogP contribution in [0.1, 0.15) is 0 Å². The van der Waals surface area contributed by atoms with Crippen molar-refractivity contribution in [1.29, 1.82) is 10.8 Å². The Kier molecular flexibility index (Phi) is 17.4. The van der Waals surface area contributed by atoms with Crippen molar-refractivity contribution < 1.29 is 0 Å². The van der Waals surface area contributed by atoms with Gasteiger partial charge in [0.05, 0.1) is 11.7 Å². The highest BCUT2D eigenvalue weighted by Crippen LogP contribution is 0.986. The van der Waals surface area contributed by atoms with Crippen LogP contribution in [0.2, 0.25) is 0 Å². The summed E-state index contributed by atoms with van der Waals surface area (Å²) in [5.74, 6) is 3.19. The van der Waals surface area contributed by atoms with E-state index in [1.165, 1.54) is 0 Å². The van der Waals surface area contributed by atoms with Crippen molar-refractivity contribution in [1.82, 2.24) is 0 Å². The van der Waals surface area contributed by atoms with Crippen molar-refractivity contribution >= 4 is 24.1 Å². The van der Waals surface area contributed by atoms with Crippen LogP contribution >= 0.6 is 12.4 Å². The average Bonchev–Trinajstić information content (AvgIpc) is 1.37. The van der Waals surface area contributed by atoms with Gasteiger partial charge >= 0.3 is 0 Å². The minimum Gasteiger partial charge on any atom is -0.250 e. The predicted octanol–water partition coefficient (Wildman–Crippen LogP) is 0.461. The van der Waals surface area contributed by atoms with Crippen LogP contribution in [-0.2, 0) is 0 Å². The number of halogens is 1. The summed E-state index contributed by atoms with van der Waals surface area (Å²) in [5, 5.41) is 11.8. The molecule has 0 saturated heterocycles. The first-order valence-electron chi connectivity index (χ1n) is 0.750. The average molecular weight is 90.5 g/mol. The fourth-order valence-corrected chi connectivity index (χ4v) is 0. The van der Waals surface area contributed by atoms with E-state index >= 15 is 0 Å². The second kappa shape index (κ2) is 9.85. The molecule has 0 saturated carbocycles. The quantitative estimate of drug-likeness (QED) is 0.406. The summed E-state index contributed by atoms with van der Waals surface area (Å²) in [5.41, 5.74) is 0. The molecule has 0 rings (SSSR count). The van der Waals surface area contributed by atoms with Crippen LogP contribution < -0.4 is 0 Å². The van der Waals surface area contributed by atoms with Gasteiger partial charge in [-0.15, -0.1) is 12.4 Å². The smallest absolute Gasteiger partial charge is 0.0506 e. The first-order chi connectivity index (χ1) is 1.91. The molecule has 0 aromatic rings. The minimum absolute atomic E-state index is 0. The SMILES string of the molecule is Cl.N=C=C=N. The third kappa shape index (κ3) is 35.8. The molecule has 0 heterocycles. The van der Waals surface area contributed by atoms with Crippen LogP contribution in [0.25, 0.3) is 0 Å². The molecule has 0 spiro atoms. The number of nitrogens with one attached hydrogen (secondary N) is 2. The molecule has 28 valence electrons. The molecule has 0 aliphatic heterocycles. The lowest BCUT2D eigenvalue weighted by Gasteiger charge is -1.19. The molecule has 2 nitrogen and oxygen atoms in total. The summed E-state index contributed by atoms with van der Waals surface area (Å²) in [6, 6.07) is 0. The van der Waals surface area contributed by atoms with Gasteiger partial charge in [-0.2, -0.15) is 0 Å². The molecule has 0 aliphatic carbocycles. The van der Waals surface area contributed by atoms with E-state index in [-0.39, 0.29) is 12.4 Å². The van der Waals surface area contributed by atoms with Crippen molar-refractivity contribution in [3.63, 3.8) is 0 Å². The molecular formula is C2H3ClN2. The molecule has 0 aromatic carbocycles. The van der Waals surface area contributed by atoms with E-state index in [1.807, 2.05) is 0 Å². The lowest BCUT2D eigenvalue weighted by molar-refractivity contribution is 1.57. The van der Waals surface area contributed by atoms with Crippen molar-refractivity contribution in [2.75, 3.05) is 0 Å². The van der Waals surface area contributed by atoms with Crippen LogP contribution in [0.4, 0.5) is 0 Å². The Morgan fingerprint density at radius 2 is 1.20 bits per heavy atom. The highest BCUT2D eigenvalue weighted by molar-refractivity contribution is 5.85. The third-order valence-electron chi connectivity index (χ3n) is 0.0625. The summed E-state index contributed by atoms with van der Waals surface area (Å²) in [6.45, 7) is 0. The van der Waals surface area contributed by atoms with Gasteiger partial charge in [-0.3, -0.25) is 0 Å². The molecule has 0 unspecified atom stereocenters. The first-order valence-corrected chi connectivity index (χ1v) is 0.750. The van der Waals surface area contributed by atoms with Gasteiger partial charge < -0.3 is 0 Å². The predicted molar refractivity (Wildman–Crippen MR) is 22.7 cm³/mol. The molecule has 0 bridgehead atoms. The first kappa shape index (κ1) is 8.82. The van der Waals surface area contributed by atoms with Crippen molar-refractivity contribution in [3.05, 3.63) is 0 Å². The van der Waals surface area contributed by atoms with E-state index in [2.05, 4.69) is 0 Å². The Hall–Kier alpha value is -0.550. The minimum atomic E-state index is 0. The summed E-state index contributed by atoms with van der Waals surface area (Å²) in [4.78, 5) is 0. The maximum Gasteiger partial charge on any atom is 0.0506 e. The highest BCUT2D eigenvalue weighted by atomic mass is 35.5. The van der Waals surface area contributed by atoms with Gasteiger partial charge in [-0.05, 0) is 0 Å². The van der Waals surface area contributed by atoms with Gasteiger partial charge in [-0.25, -0.2) is 10.8 Å². The molecular weight excluding hydrogens is 87.5 g/mol. The maximum atomic E-state index is 5.90. The van der Waals surface area contributed by atoms with Crippen LogP contribution in [0.3, 0.4) is 0 Å². The molecule has 0 fully saturated rings. The molecule has 2 N–H and O–H groups in total. The maximum absolute atomic E-state index is 5.90. The Morgan fingerprint density at radius 3 is 1.20 bits per heavy atom. The third-order valence-corrected chi connectivity index (χ3v) is 0.0625. The fraction of sp³-hybridized carbons (Fsp3) is 0. The lowest BCUT2D eigenvalue weighted by atomic mass is 11.1. The number of hydrogen-bond acceptors (Lipinski definition) is 2. The topological polar surface area (TPSA) is 47.7 Å². The van der Waals surface area contributed by atoms with Crippen LogP contribution in [0.15, 0.2) is 0 Å². The molecule has 0 amide bonds. The monoisotopic (exact) mass is 90.0 g/mol. The summed E-state index contributed by atoms with van der Waals surface area (Å²) < 4.78 is 0. The highest BCUT2D eigenvalue weighted by Gasteiger charge is 1.12. The van der Waals surface area contributed by atoms with E-state index in [1.54, 1.807) is 11.7 Å². The summed E-state index contributed by atoms with van der Waals surface area (Å²) in [7, 11) is 0. The zero-order valence-electron chi connectivity index (χ0n) is 2.41. The van der Waals surface area contributed by atoms with Crippen molar-refractivity contribution in [2.24, 2.45) is 0 Å². The van der Waals surface area contributed by atoms with E-state index in [0.717, 1.165) is 0 Å². The van der Waals surface area contributed by atoms with Crippen LogP contribution in [-0.4, -0.2) is 11.7 Å². The summed E-state index contributed by atoms with van der Waals surface area (Å²) in [6.07, 6.45) is 0. The van der Waals surface area contributed by atoms with Gasteiger partial charge in [0.2, 0.25) is 0 Å². The zero-order valence-corrected chi connectivity index (χ0v) is 3.22. The standard InChI is InChI=1S/C2H2N2.ClH/c3-1-2-4;/h3-4H;1H.